The molecule has 4 rings (SSSR count). The summed E-state index contributed by atoms with van der Waals surface area (Å²) in [5.74, 6) is 0.161. The fraction of sp³-hybridized carbons (Fsp3) is 0.310. The van der Waals surface area contributed by atoms with Crippen molar-refractivity contribution < 1.29 is 13.2 Å². The summed E-state index contributed by atoms with van der Waals surface area (Å²) in [4.78, 5) is 1.96. The van der Waals surface area contributed by atoms with Crippen LogP contribution in [0.3, 0.4) is 0 Å². The predicted octanol–water partition coefficient (Wildman–Crippen LogP) is 9.39. The largest absolute Gasteiger partial charge is 0.207 e. The van der Waals surface area contributed by atoms with Gasteiger partial charge >= 0.3 is 0 Å². The number of halogens is 4. The van der Waals surface area contributed by atoms with Crippen molar-refractivity contribution in [2.45, 2.75) is 45.4 Å². The van der Waals surface area contributed by atoms with Gasteiger partial charge in [0, 0.05) is 11.1 Å². The Morgan fingerprint density at radius 3 is 2.00 bits per heavy atom. The van der Waals surface area contributed by atoms with E-state index < -0.39 is 5.82 Å². The van der Waals surface area contributed by atoms with Gasteiger partial charge in [-0.15, -0.1) is 0 Å². The summed E-state index contributed by atoms with van der Waals surface area (Å²) >= 11 is 3.36. The second kappa shape index (κ2) is 10.7. The number of benzene rings is 3. The smallest absolute Gasteiger partial charge is 0.131 e. The normalized spacial score (nSPS) is 18.7. The molecule has 0 amide bonds. The zero-order valence-corrected chi connectivity index (χ0v) is 20.3. The highest BCUT2D eigenvalue weighted by molar-refractivity contribution is 9.11. The van der Waals surface area contributed by atoms with Crippen LogP contribution >= 0.6 is 15.9 Å². The first-order valence-electron chi connectivity index (χ1n) is 11.6. The molecule has 0 atom stereocenters. The number of allylic oxidation sites excluding steroid dienone is 1. The van der Waals surface area contributed by atoms with Gasteiger partial charge in [0.2, 0.25) is 0 Å². The van der Waals surface area contributed by atoms with Crippen molar-refractivity contribution in [3.63, 3.8) is 0 Å². The van der Waals surface area contributed by atoms with Crippen LogP contribution in [0.4, 0.5) is 13.2 Å². The summed E-state index contributed by atoms with van der Waals surface area (Å²) in [5.41, 5.74) is 3.11. The summed E-state index contributed by atoms with van der Waals surface area (Å²) in [6.45, 7) is 1.67. The highest BCUT2D eigenvalue weighted by Gasteiger charge is 2.19. The Morgan fingerprint density at radius 1 is 0.788 bits per heavy atom. The monoisotopic (exact) mass is 512 g/mol. The maximum Gasteiger partial charge on any atom is 0.131 e. The van der Waals surface area contributed by atoms with Crippen LogP contribution < -0.4 is 0 Å². The first-order chi connectivity index (χ1) is 15.9. The van der Waals surface area contributed by atoms with Gasteiger partial charge in [0.25, 0.3) is 0 Å². The number of rotatable bonds is 6. The van der Waals surface area contributed by atoms with Gasteiger partial charge in [-0.05, 0) is 103 Å². The summed E-state index contributed by atoms with van der Waals surface area (Å²) in [5, 5.41) is 0. The Morgan fingerprint density at radius 2 is 1.39 bits per heavy atom. The van der Waals surface area contributed by atoms with E-state index in [1.807, 2.05) is 11.1 Å². The lowest BCUT2D eigenvalue weighted by Crippen LogP contribution is -2.13. The van der Waals surface area contributed by atoms with E-state index in [2.05, 4.69) is 22.0 Å². The van der Waals surface area contributed by atoms with E-state index >= 15 is 0 Å². The molecule has 33 heavy (non-hydrogen) atoms. The molecule has 0 bridgehead atoms. The molecule has 172 valence electrons. The molecule has 1 aliphatic carbocycles. The van der Waals surface area contributed by atoms with E-state index in [0.717, 1.165) is 18.4 Å². The van der Waals surface area contributed by atoms with Crippen molar-refractivity contribution in [1.29, 1.82) is 0 Å². The fourth-order valence-corrected chi connectivity index (χ4v) is 5.20. The first-order valence-corrected chi connectivity index (χ1v) is 12.5. The van der Waals surface area contributed by atoms with Crippen LogP contribution in [-0.2, 0) is 6.42 Å². The molecule has 0 aliphatic heterocycles. The van der Waals surface area contributed by atoms with E-state index in [-0.39, 0.29) is 11.6 Å². The van der Waals surface area contributed by atoms with Gasteiger partial charge in [0.05, 0.1) is 0 Å². The Bertz CT molecular complexity index is 1140. The van der Waals surface area contributed by atoms with Crippen molar-refractivity contribution in [2.75, 3.05) is 0 Å². The average molecular weight is 513 g/mol. The molecule has 4 heteroatoms. The topological polar surface area (TPSA) is 0 Å². The van der Waals surface area contributed by atoms with Gasteiger partial charge in [-0.25, -0.2) is 13.2 Å². The molecule has 0 unspecified atom stereocenters. The van der Waals surface area contributed by atoms with Crippen LogP contribution in [0.2, 0.25) is 0 Å². The lowest BCUT2D eigenvalue weighted by Gasteiger charge is -2.26. The number of hydrogen-bond donors (Lipinski definition) is 0. The molecular weight excluding hydrogens is 485 g/mol. The van der Waals surface area contributed by atoms with Gasteiger partial charge in [0.15, 0.2) is 0 Å². The average Bonchev–Trinajstić information content (AvgIpc) is 2.81. The van der Waals surface area contributed by atoms with Crippen molar-refractivity contribution in [2.24, 2.45) is 11.8 Å². The highest BCUT2D eigenvalue weighted by atomic mass is 79.9. The second-order valence-electron chi connectivity index (χ2n) is 9.11. The van der Waals surface area contributed by atoms with E-state index in [1.165, 1.54) is 37.8 Å². The molecule has 0 aromatic heterocycles. The molecule has 0 N–H and O–H groups in total. The van der Waals surface area contributed by atoms with Gasteiger partial charge in [0.1, 0.15) is 17.5 Å². The van der Waals surface area contributed by atoms with Crippen molar-refractivity contribution in [1.82, 2.24) is 0 Å². The Kier molecular flexibility index (Phi) is 7.75. The summed E-state index contributed by atoms with van der Waals surface area (Å²) in [7, 11) is 0. The summed E-state index contributed by atoms with van der Waals surface area (Å²) < 4.78 is 43.6. The van der Waals surface area contributed by atoms with Crippen LogP contribution in [0.1, 0.15) is 43.2 Å². The van der Waals surface area contributed by atoms with E-state index in [1.54, 1.807) is 43.3 Å². The minimum Gasteiger partial charge on any atom is -0.207 e. The first kappa shape index (κ1) is 23.8. The molecule has 3 aromatic rings. The molecule has 1 aliphatic rings. The molecule has 1 fully saturated rings. The minimum absolute atomic E-state index is 0.302. The molecule has 1 saturated carbocycles. The molecule has 0 radical (unpaired) electrons. The van der Waals surface area contributed by atoms with Gasteiger partial charge in [-0.1, -0.05) is 58.4 Å². The van der Waals surface area contributed by atoms with Crippen molar-refractivity contribution in [3.05, 3.63) is 94.2 Å². The molecule has 3 aromatic carbocycles. The third-order valence-corrected chi connectivity index (χ3v) is 7.18. The van der Waals surface area contributed by atoms with Gasteiger partial charge in [-0.3, -0.25) is 0 Å². The maximum absolute atomic E-state index is 14.9. The van der Waals surface area contributed by atoms with Gasteiger partial charge < -0.3 is 0 Å². The van der Waals surface area contributed by atoms with E-state index in [4.69, 9.17) is 0 Å². The van der Waals surface area contributed by atoms with Crippen LogP contribution in [-0.4, -0.2) is 0 Å². The molecule has 0 saturated heterocycles. The lowest BCUT2D eigenvalue weighted by molar-refractivity contribution is 0.296. The van der Waals surface area contributed by atoms with E-state index in [0.29, 0.717) is 39.7 Å². The zero-order chi connectivity index (χ0) is 23.4. The highest BCUT2D eigenvalue weighted by Crippen LogP contribution is 2.34. The third-order valence-electron chi connectivity index (χ3n) is 6.87. The maximum atomic E-state index is 14.9. The molecular formula is C29H28BrF3. The molecule has 0 nitrogen and oxygen atoms in total. The quantitative estimate of drug-likeness (QED) is 0.308. The van der Waals surface area contributed by atoms with Gasteiger partial charge in [-0.2, -0.15) is 0 Å². The SMILES string of the molecule is Cc1ccc(-c2ccc(-c3ccc(CCC4CCC(C=CBr)CC4)cc3F)cc2F)cc1F. The molecule has 0 heterocycles. The van der Waals surface area contributed by atoms with Crippen molar-refractivity contribution >= 4 is 15.9 Å². The lowest BCUT2D eigenvalue weighted by atomic mass is 9.79. The second-order valence-corrected chi connectivity index (χ2v) is 9.64. The Labute approximate surface area is 202 Å². The number of hydrogen-bond acceptors (Lipinski definition) is 0. The Balaban J connectivity index is 1.43. The Hall–Kier alpha value is -2.33. The van der Waals surface area contributed by atoms with Crippen LogP contribution in [0, 0.1) is 36.2 Å². The van der Waals surface area contributed by atoms with E-state index in [9.17, 15) is 13.2 Å². The third kappa shape index (κ3) is 5.78. The van der Waals surface area contributed by atoms with Crippen molar-refractivity contribution in [3.8, 4) is 22.3 Å². The minimum atomic E-state index is -0.496. The zero-order valence-electron chi connectivity index (χ0n) is 18.8. The fourth-order valence-electron chi connectivity index (χ4n) is 4.77. The summed E-state index contributed by atoms with van der Waals surface area (Å²) in [6, 6.07) is 14.5. The standard InChI is InChI=1S/C29H28BrF3/c1-19-2-10-23(17-27(19)31)26-13-11-24(18-29(26)33)25-12-9-22(16-28(25)32)8-7-20-3-5-21(6-4-20)14-15-30/h2,9-18,20-21H,3-8H2,1H3. The van der Waals surface area contributed by atoms with Crippen LogP contribution in [0.5, 0.6) is 0 Å². The summed E-state index contributed by atoms with van der Waals surface area (Å²) in [6.07, 6.45) is 9.04. The van der Waals surface area contributed by atoms with Crippen LogP contribution in [0.15, 0.2) is 65.7 Å². The molecule has 0 spiro atoms. The number of aryl methyl sites for hydroxylation is 2. The predicted molar refractivity (Wildman–Crippen MR) is 134 cm³/mol. The van der Waals surface area contributed by atoms with Crippen LogP contribution in [0.25, 0.3) is 22.3 Å².